The summed E-state index contributed by atoms with van der Waals surface area (Å²) in [5, 5.41) is 13.4. The van der Waals surface area contributed by atoms with Crippen LogP contribution in [0.3, 0.4) is 0 Å². The first-order chi connectivity index (χ1) is 16.2. The van der Waals surface area contributed by atoms with Crippen LogP contribution in [0.1, 0.15) is 37.5 Å². The van der Waals surface area contributed by atoms with Crippen molar-refractivity contribution in [2.24, 2.45) is 0 Å². The number of nitrogens with one attached hydrogen (secondary N) is 1. The number of carbonyl (C=O) groups is 1. The van der Waals surface area contributed by atoms with Gasteiger partial charge in [0.15, 0.2) is 0 Å². The van der Waals surface area contributed by atoms with Crippen LogP contribution >= 0.6 is 0 Å². The molecule has 0 saturated carbocycles. The van der Waals surface area contributed by atoms with Crippen LogP contribution in [0, 0.1) is 11.3 Å². The van der Waals surface area contributed by atoms with Crippen molar-refractivity contribution < 1.29 is 4.79 Å². The lowest BCUT2D eigenvalue weighted by atomic mass is 9.74. The minimum absolute atomic E-state index is 0.0281. The molecular weight excluding hydrogens is 434 g/mol. The lowest BCUT2D eigenvalue weighted by Gasteiger charge is -2.62. The number of nitrogens with zero attached hydrogens (tertiary/aromatic N) is 2. The summed E-state index contributed by atoms with van der Waals surface area (Å²) in [5.74, 6) is 0.0281. The monoisotopic (exact) mass is 467 g/mol. The highest BCUT2D eigenvalue weighted by Gasteiger charge is 2.67. The van der Waals surface area contributed by atoms with E-state index in [0.29, 0.717) is 0 Å². The normalized spacial score (nSPS) is 20.7. The fourth-order valence-electron chi connectivity index (χ4n) is 5.34. The minimum atomic E-state index is -1.75. The Morgan fingerprint density at radius 2 is 1.21 bits per heavy atom. The molecule has 1 aliphatic heterocycles. The fraction of sp³-hybridized carbons (Fsp3) is 0.310. The maximum atomic E-state index is 14.1. The molecule has 174 valence electrons. The Labute approximate surface area is 204 Å². The number of rotatable bonds is 6. The molecule has 4 nitrogen and oxygen atoms in total. The van der Waals surface area contributed by atoms with Crippen LogP contribution in [0.2, 0.25) is 13.1 Å². The standard InChI is InChI=1S/C29H33N3OSi/c1-27(2,3)32-25(21-30)29(26(32)33,34(4)5)31-28(22-15-9-6-10-16-22,23-17-11-7-12-18-23)24-19-13-8-14-20-24/h6-20,25,31,34H,1-5H3. The maximum Gasteiger partial charge on any atom is 0.244 e. The van der Waals surface area contributed by atoms with E-state index in [-0.39, 0.29) is 5.91 Å². The van der Waals surface area contributed by atoms with Crippen LogP contribution in [0.15, 0.2) is 91.0 Å². The van der Waals surface area contributed by atoms with Gasteiger partial charge in [-0.2, -0.15) is 5.26 Å². The first-order valence-electron chi connectivity index (χ1n) is 11.9. The average Bonchev–Trinajstić information content (AvgIpc) is 2.83. The molecular formula is C29H33N3OSi. The lowest BCUT2D eigenvalue weighted by Crippen LogP contribution is -2.88. The maximum absolute atomic E-state index is 14.1. The van der Waals surface area contributed by atoms with E-state index in [1.165, 1.54) is 0 Å². The fourth-order valence-corrected chi connectivity index (χ4v) is 7.34. The number of β-lactam (4-membered cyclic amide) rings is 1. The Kier molecular flexibility index (Phi) is 6.24. The molecule has 34 heavy (non-hydrogen) atoms. The molecule has 1 aliphatic rings. The third kappa shape index (κ3) is 3.58. The summed E-state index contributed by atoms with van der Waals surface area (Å²) in [6, 6.07) is 32.8. The second kappa shape index (κ2) is 8.86. The van der Waals surface area contributed by atoms with Gasteiger partial charge in [-0.1, -0.05) is 104 Å². The van der Waals surface area contributed by atoms with Crippen molar-refractivity contribution in [3.8, 4) is 6.07 Å². The second-order valence-electron chi connectivity index (χ2n) is 10.4. The largest absolute Gasteiger partial charge is 0.318 e. The second-order valence-corrected chi connectivity index (χ2v) is 13.6. The Hall–Kier alpha value is -3.20. The van der Waals surface area contributed by atoms with Gasteiger partial charge in [-0.25, -0.2) is 0 Å². The molecule has 2 unspecified atom stereocenters. The van der Waals surface area contributed by atoms with Gasteiger partial charge in [-0.3, -0.25) is 10.1 Å². The van der Waals surface area contributed by atoms with E-state index in [2.05, 4.69) is 60.9 Å². The van der Waals surface area contributed by atoms with E-state index in [1.54, 1.807) is 4.90 Å². The molecule has 4 rings (SSSR count). The highest BCUT2D eigenvalue weighted by Crippen LogP contribution is 2.45. The zero-order valence-corrected chi connectivity index (χ0v) is 21.8. The molecule has 1 N–H and O–H groups in total. The van der Waals surface area contributed by atoms with Gasteiger partial charge in [0, 0.05) is 5.54 Å². The minimum Gasteiger partial charge on any atom is -0.318 e. The quantitative estimate of drug-likeness (QED) is 0.320. The summed E-state index contributed by atoms with van der Waals surface area (Å²) in [6.07, 6.45) is 0. The zero-order valence-electron chi connectivity index (χ0n) is 20.6. The zero-order chi connectivity index (χ0) is 24.6. The molecule has 5 heteroatoms. The summed E-state index contributed by atoms with van der Waals surface area (Å²) < 4.78 is 0. The molecule has 0 aliphatic carbocycles. The summed E-state index contributed by atoms with van der Waals surface area (Å²) in [5.41, 5.74) is 1.90. The van der Waals surface area contributed by atoms with Crippen molar-refractivity contribution in [1.29, 1.82) is 5.26 Å². The third-order valence-electron chi connectivity index (χ3n) is 7.03. The number of hydrogen-bond acceptors (Lipinski definition) is 3. The third-order valence-corrected chi connectivity index (χ3v) is 9.56. The molecule has 1 saturated heterocycles. The molecule has 1 heterocycles. The van der Waals surface area contributed by atoms with Crippen LogP contribution in [0.4, 0.5) is 0 Å². The van der Waals surface area contributed by atoms with Gasteiger partial charge >= 0.3 is 0 Å². The Bertz CT molecular complexity index is 1090. The first kappa shape index (κ1) is 23.9. The number of amides is 1. The molecule has 0 radical (unpaired) electrons. The smallest absolute Gasteiger partial charge is 0.244 e. The van der Waals surface area contributed by atoms with Gasteiger partial charge in [0.25, 0.3) is 0 Å². The van der Waals surface area contributed by atoms with Crippen molar-refractivity contribution in [2.45, 2.75) is 56.1 Å². The number of hydrogen-bond donors (Lipinski definition) is 1. The molecule has 3 aromatic rings. The summed E-state index contributed by atoms with van der Waals surface area (Å²) in [6.45, 7) is 10.3. The van der Waals surface area contributed by atoms with Gasteiger partial charge < -0.3 is 4.90 Å². The molecule has 0 bridgehead atoms. The Morgan fingerprint density at radius 3 is 1.50 bits per heavy atom. The summed E-state index contributed by atoms with van der Waals surface area (Å²) >= 11 is 0. The molecule has 2 atom stereocenters. The van der Waals surface area contributed by atoms with E-state index >= 15 is 0 Å². The molecule has 0 spiro atoms. The molecule has 1 fully saturated rings. The van der Waals surface area contributed by atoms with Gasteiger partial charge in [0.2, 0.25) is 5.91 Å². The number of likely N-dealkylation sites (tertiary alicyclic amines) is 1. The van der Waals surface area contributed by atoms with E-state index in [1.807, 2.05) is 75.4 Å². The Balaban J connectivity index is 2.02. The van der Waals surface area contributed by atoms with Crippen molar-refractivity contribution in [3.63, 3.8) is 0 Å². The average molecular weight is 468 g/mol. The number of carbonyl (C=O) groups excluding carboxylic acids is 1. The summed E-state index contributed by atoms with van der Waals surface area (Å²) in [7, 11) is -1.75. The number of benzene rings is 3. The highest BCUT2D eigenvalue weighted by molar-refractivity contribution is 6.66. The van der Waals surface area contributed by atoms with Crippen LogP contribution in [0.5, 0.6) is 0 Å². The predicted molar refractivity (Wildman–Crippen MR) is 140 cm³/mol. The van der Waals surface area contributed by atoms with Gasteiger partial charge in [0.1, 0.15) is 11.2 Å². The lowest BCUT2D eigenvalue weighted by molar-refractivity contribution is -0.161. The summed E-state index contributed by atoms with van der Waals surface area (Å²) in [4.78, 5) is 15.8. The highest BCUT2D eigenvalue weighted by atomic mass is 28.3. The number of nitriles is 1. The van der Waals surface area contributed by atoms with Crippen molar-refractivity contribution >= 4 is 14.7 Å². The molecule has 3 aromatic carbocycles. The van der Waals surface area contributed by atoms with Gasteiger partial charge in [0.05, 0.1) is 20.4 Å². The van der Waals surface area contributed by atoms with Crippen molar-refractivity contribution in [2.75, 3.05) is 0 Å². The van der Waals surface area contributed by atoms with Crippen LogP contribution in [-0.2, 0) is 10.3 Å². The SMILES string of the molecule is C[SiH](C)C1(NC(c2ccccc2)(c2ccccc2)c2ccccc2)C(=O)N(C(C)(C)C)C1C#N. The van der Waals surface area contributed by atoms with Crippen molar-refractivity contribution in [1.82, 2.24) is 10.2 Å². The molecule has 1 amide bonds. The predicted octanol–water partition coefficient (Wildman–Crippen LogP) is 4.87. The topological polar surface area (TPSA) is 56.1 Å². The van der Waals surface area contributed by atoms with Gasteiger partial charge in [-0.15, -0.1) is 0 Å². The molecule has 0 aromatic heterocycles. The van der Waals surface area contributed by atoms with E-state index in [9.17, 15) is 10.1 Å². The Morgan fingerprint density at radius 1 is 0.824 bits per heavy atom. The van der Waals surface area contributed by atoms with E-state index in [0.717, 1.165) is 16.7 Å². The van der Waals surface area contributed by atoms with Gasteiger partial charge in [-0.05, 0) is 37.5 Å². The van der Waals surface area contributed by atoms with Crippen molar-refractivity contribution in [3.05, 3.63) is 108 Å². The van der Waals surface area contributed by atoms with Crippen LogP contribution < -0.4 is 5.32 Å². The van der Waals surface area contributed by atoms with Crippen LogP contribution in [-0.4, -0.2) is 36.3 Å². The van der Waals surface area contributed by atoms with Crippen LogP contribution in [0.25, 0.3) is 0 Å². The first-order valence-corrected chi connectivity index (χ1v) is 14.8. The van der Waals surface area contributed by atoms with E-state index < -0.39 is 31.1 Å². The van der Waals surface area contributed by atoms with E-state index in [4.69, 9.17) is 0 Å².